The minimum Gasteiger partial charge on any atom is -0.159 e. The van der Waals surface area contributed by atoms with E-state index in [0.717, 1.165) is 10.6 Å². The molecule has 0 aromatic heterocycles. The molecule has 0 aromatic carbocycles. The van der Waals surface area contributed by atoms with Gasteiger partial charge in [0.2, 0.25) is 0 Å². The van der Waals surface area contributed by atoms with Gasteiger partial charge in [-0.1, -0.05) is 29.8 Å². The Hall–Kier alpha value is 0.830. The van der Waals surface area contributed by atoms with Crippen molar-refractivity contribution in [1.29, 1.82) is 0 Å². The summed E-state index contributed by atoms with van der Waals surface area (Å²) in [4.78, 5) is 0. The van der Waals surface area contributed by atoms with Gasteiger partial charge in [-0.25, -0.2) is 0 Å². The van der Waals surface area contributed by atoms with Crippen molar-refractivity contribution >= 4 is 27.7 Å². The molecule has 0 nitrogen and oxygen atoms in total. The maximum Gasteiger partial charge on any atom is 0.00830 e. The minimum absolute atomic E-state index is 0.502. The summed E-state index contributed by atoms with van der Waals surface area (Å²) >= 11 is 5.73. The van der Waals surface area contributed by atoms with Crippen molar-refractivity contribution in [2.75, 3.05) is 11.1 Å². The average molecular weight is 237 g/mol. The van der Waals surface area contributed by atoms with Gasteiger partial charge < -0.3 is 0 Å². The molecule has 0 N–H and O–H groups in total. The van der Waals surface area contributed by atoms with Crippen molar-refractivity contribution in [3.63, 3.8) is 0 Å². The number of hydrogen-bond acceptors (Lipinski definition) is 1. The first kappa shape index (κ1) is 9.91. The third-order valence-electron chi connectivity index (χ3n) is 2.17. The van der Waals surface area contributed by atoms with Crippen LogP contribution in [0, 0.1) is 5.41 Å². The normalized spacial score (nSPS) is 25.9. The lowest BCUT2D eigenvalue weighted by molar-refractivity contribution is 0.381. The maximum absolute atomic E-state index is 3.57. The summed E-state index contributed by atoms with van der Waals surface area (Å²) in [5.74, 6) is 1.39. The summed E-state index contributed by atoms with van der Waals surface area (Å²) in [5.41, 5.74) is 0.502. The quantitative estimate of drug-likeness (QED) is 0.674. The fraction of sp³-hybridized carbons (Fsp3) is 1.00. The van der Waals surface area contributed by atoms with Crippen molar-refractivity contribution in [2.45, 2.75) is 38.4 Å². The summed E-state index contributed by atoms with van der Waals surface area (Å²) < 4.78 is 0. The van der Waals surface area contributed by atoms with Gasteiger partial charge in [0.1, 0.15) is 0 Å². The summed E-state index contributed by atoms with van der Waals surface area (Å²) in [6, 6.07) is 0. The lowest BCUT2D eigenvalue weighted by Gasteiger charge is -2.24. The Morgan fingerprint density at radius 1 is 1.55 bits per heavy atom. The van der Waals surface area contributed by atoms with Gasteiger partial charge in [0, 0.05) is 10.6 Å². The molecule has 66 valence electrons. The van der Waals surface area contributed by atoms with Crippen LogP contribution in [0.2, 0.25) is 0 Å². The number of halogens is 1. The summed E-state index contributed by atoms with van der Waals surface area (Å²) in [7, 11) is 0. The highest BCUT2D eigenvalue weighted by molar-refractivity contribution is 9.09. The number of hydrogen-bond donors (Lipinski definition) is 0. The number of alkyl halides is 1. The molecule has 1 saturated heterocycles. The molecular weight excluding hydrogens is 220 g/mol. The largest absolute Gasteiger partial charge is 0.159 e. The van der Waals surface area contributed by atoms with Crippen molar-refractivity contribution < 1.29 is 0 Å². The van der Waals surface area contributed by atoms with E-state index in [1.165, 1.54) is 25.0 Å². The molecular formula is C9H17BrS. The maximum atomic E-state index is 3.57. The van der Waals surface area contributed by atoms with Crippen LogP contribution >= 0.6 is 27.7 Å². The molecule has 1 fully saturated rings. The predicted octanol–water partition coefficient (Wildman–Crippen LogP) is 3.69. The zero-order valence-corrected chi connectivity index (χ0v) is 9.80. The highest BCUT2D eigenvalue weighted by atomic mass is 79.9. The Morgan fingerprint density at radius 3 is 2.73 bits per heavy atom. The van der Waals surface area contributed by atoms with Gasteiger partial charge in [0.25, 0.3) is 0 Å². The van der Waals surface area contributed by atoms with E-state index in [1.807, 2.05) is 0 Å². The molecule has 1 aliphatic heterocycles. The second-order valence-corrected chi connectivity index (χ2v) is 6.11. The average Bonchev–Trinajstić information content (AvgIpc) is 2.39. The highest BCUT2D eigenvalue weighted by Gasteiger charge is 2.24. The standard InChI is InChI=1S/C9H17BrS/c1-9(2,7-10)6-8-4-3-5-11-8/h8H,3-7H2,1-2H3. The Balaban J connectivity index is 2.28. The predicted molar refractivity (Wildman–Crippen MR) is 57.7 cm³/mol. The van der Waals surface area contributed by atoms with Gasteiger partial charge in [-0.05, 0) is 30.4 Å². The fourth-order valence-corrected chi connectivity index (χ4v) is 3.27. The van der Waals surface area contributed by atoms with E-state index in [9.17, 15) is 0 Å². The molecule has 11 heavy (non-hydrogen) atoms. The fourth-order valence-electron chi connectivity index (χ4n) is 1.48. The van der Waals surface area contributed by atoms with Crippen LogP contribution in [0.4, 0.5) is 0 Å². The van der Waals surface area contributed by atoms with Crippen LogP contribution in [-0.2, 0) is 0 Å². The molecule has 0 radical (unpaired) electrons. The first-order valence-corrected chi connectivity index (χ1v) is 6.49. The van der Waals surface area contributed by atoms with Crippen LogP contribution in [0.5, 0.6) is 0 Å². The molecule has 1 unspecified atom stereocenters. The topological polar surface area (TPSA) is 0 Å². The van der Waals surface area contributed by atoms with Crippen LogP contribution in [0.3, 0.4) is 0 Å². The van der Waals surface area contributed by atoms with Crippen LogP contribution < -0.4 is 0 Å². The molecule has 0 aromatic rings. The zero-order valence-electron chi connectivity index (χ0n) is 7.40. The van der Waals surface area contributed by atoms with Gasteiger partial charge in [-0.3, -0.25) is 0 Å². The van der Waals surface area contributed by atoms with Gasteiger partial charge in [0.05, 0.1) is 0 Å². The molecule has 1 heterocycles. The van der Waals surface area contributed by atoms with E-state index in [4.69, 9.17) is 0 Å². The minimum atomic E-state index is 0.502. The van der Waals surface area contributed by atoms with E-state index >= 15 is 0 Å². The van der Waals surface area contributed by atoms with E-state index in [0.29, 0.717) is 5.41 Å². The Labute approximate surface area is 82.6 Å². The lowest BCUT2D eigenvalue weighted by atomic mass is 9.89. The van der Waals surface area contributed by atoms with Crippen LogP contribution in [-0.4, -0.2) is 16.3 Å². The van der Waals surface area contributed by atoms with E-state index < -0.39 is 0 Å². The van der Waals surface area contributed by atoms with Crippen LogP contribution in [0.25, 0.3) is 0 Å². The molecule has 1 atom stereocenters. The zero-order chi connectivity index (χ0) is 8.32. The van der Waals surface area contributed by atoms with Gasteiger partial charge >= 0.3 is 0 Å². The van der Waals surface area contributed by atoms with Crippen LogP contribution in [0.15, 0.2) is 0 Å². The number of thioether (sulfide) groups is 1. The molecule has 2 heteroatoms. The first-order valence-electron chi connectivity index (χ1n) is 4.32. The van der Waals surface area contributed by atoms with Crippen molar-refractivity contribution in [1.82, 2.24) is 0 Å². The van der Waals surface area contributed by atoms with Gasteiger partial charge in [0.15, 0.2) is 0 Å². The van der Waals surface area contributed by atoms with Gasteiger partial charge in [-0.15, -0.1) is 0 Å². The SMILES string of the molecule is CC(C)(CBr)CC1CCCS1. The molecule has 0 spiro atoms. The summed E-state index contributed by atoms with van der Waals surface area (Å²) in [6.07, 6.45) is 4.26. The molecule has 0 aliphatic carbocycles. The molecule has 1 rings (SSSR count). The van der Waals surface area contributed by atoms with Gasteiger partial charge in [-0.2, -0.15) is 11.8 Å². The Bertz CT molecular complexity index is 117. The summed E-state index contributed by atoms with van der Waals surface area (Å²) in [5, 5.41) is 2.08. The van der Waals surface area contributed by atoms with Crippen molar-refractivity contribution in [3.05, 3.63) is 0 Å². The van der Waals surface area contributed by atoms with E-state index in [2.05, 4.69) is 41.5 Å². The van der Waals surface area contributed by atoms with Crippen molar-refractivity contribution in [2.24, 2.45) is 5.41 Å². The molecule has 0 amide bonds. The second kappa shape index (κ2) is 4.18. The first-order chi connectivity index (χ1) is 5.14. The molecule has 1 aliphatic rings. The number of rotatable bonds is 3. The Morgan fingerprint density at radius 2 is 2.27 bits per heavy atom. The monoisotopic (exact) mass is 236 g/mol. The summed E-state index contributed by atoms with van der Waals surface area (Å²) in [6.45, 7) is 4.70. The second-order valence-electron chi connectivity index (χ2n) is 4.14. The van der Waals surface area contributed by atoms with E-state index in [1.54, 1.807) is 0 Å². The highest BCUT2D eigenvalue weighted by Crippen LogP contribution is 2.36. The third kappa shape index (κ3) is 3.37. The molecule has 0 bridgehead atoms. The Kier molecular flexibility index (Phi) is 3.76. The van der Waals surface area contributed by atoms with Crippen molar-refractivity contribution in [3.8, 4) is 0 Å². The lowest BCUT2D eigenvalue weighted by Crippen LogP contribution is -2.18. The smallest absolute Gasteiger partial charge is 0.00830 e. The van der Waals surface area contributed by atoms with E-state index in [-0.39, 0.29) is 0 Å². The third-order valence-corrected chi connectivity index (χ3v) is 5.08. The van der Waals surface area contributed by atoms with Crippen LogP contribution in [0.1, 0.15) is 33.1 Å². The molecule has 0 saturated carbocycles.